The fourth-order valence-corrected chi connectivity index (χ4v) is 6.34. The summed E-state index contributed by atoms with van der Waals surface area (Å²) in [4.78, 5) is 13.4. The van der Waals surface area contributed by atoms with Gasteiger partial charge in [-0.3, -0.25) is 4.79 Å². The molecule has 11 heteroatoms. The molecule has 0 spiro atoms. The standard InChI is InChI=1S/C29H36F4N2O5/c1-39-12-3-2-10-27(38,28(17-35(18-36)11-13-40-28)21-15-24(34)25(37)16-21)22-8-5-9-23(30)26(22)19-6-4-7-20(14-19)29(31,32)33/h4-9,14,18,21,24-25,37-38H,2-3,10-13,15-17,34H2,1H3/t21-,24+,25-,27-,28-/m0/s1. The van der Waals surface area contributed by atoms with Crippen LogP contribution in [0.4, 0.5) is 17.6 Å². The number of halogens is 4. The monoisotopic (exact) mass is 568 g/mol. The van der Waals surface area contributed by atoms with Crippen molar-refractivity contribution >= 4 is 6.41 Å². The SMILES string of the molecule is COCCCC[C@](O)(c1cccc(F)c1-c1cccc(C(F)(F)F)c1)[C@@]1([C@H]2C[C@@H](N)[C@@H](O)C2)CN(C=O)CCO1. The van der Waals surface area contributed by atoms with Crippen molar-refractivity contribution in [3.05, 3.63) is 59.4 Å². The van der Waals surface area contributed by atoms with Crippen LogP contribution in [0.5, 0.6) is 0 Å². The highest BCUT2D eigenvalue weighted by Crippen LogP contribution is 2.53. The number of nitrogens with zero attached hydrogens (tertiary/aromatic N) is 1. The lowest BCUT2D eigenvalue weighted by atomic mass is 9.65. The van der Waals surface area contributed by atoms with Crippen molar-refractivity contribution in [1.29, 1.82) is 0 Å². The number of hydrogen-bond acceptors (Lipinski definition) is 6. The van der Waals surface area contributed by atoms with E-state index in [1.807, 2.05) is 0 Å². The molecule has 0 radical (unpaired) electrons. The molecule has 1 amide bonds. The Kier molecular flexibility index (Phi) is 9.21. The van der Waals surface area contributed by atoms with Gasteiger partial charge in [0.05, 0.1) is 24.8 Å². The lowest BCUT2D eigenvalue weighted by Gasteiger charge is -2.55. The molecule has 1 aliphatic heterocycles. The van der Waals surface area contributed by atoms with Crippen molar-refractivity contribution in [3.63, 3.8) is 0 Å². The third kappa shape index (κ3) is 5.75. The van der Waals surface area contributed by atoms with Crippen LogP contribution < -0.4 is 5.73 Å². The largest absolute Gasteiger partial charge is 0.416 e. The Bertz CT molecular complexity index is 1170. The third-order valence-corrected chi connectivity index (χ3v) is 8.34. The summed E-state index contributed by atoms with van der Waals surface area (Å²) in [7, 11) is 1.54. The molecule has 0 aromatic heterocycles. The maximum Gasteiger partial charge on any atom is 0.416 e. The van der Waals surface area contributed by atoms with Crippen LogP contribution in [0, 0.1) is 11.7 Å². The molecule has 7 nitrogen and oxygen atoms in total. The first-order chi connectivity index (χ1) is 19.0. The second-order valence-corrected chi connectivity index (χ2v) is 10.8. The van der Waals surface area contributed by atoms with E-state index in [0.29, 0.717) is 25.9 Å². The molecular weight excluding hydrogens is 532 g/mol. The summed E-state index contributed by atoms with van der Waals surface area (Å²) in [6, 6.07) is 7.72. The van der Waals surface area contributed by atoms with Crippen molar-refractivity contribution in [1.82, 2.24) is 4.90 Å². The van der Waals surface area contributed by atoms with E-state index in [4.69, 9.17) is 15.2 Å². The van der Waals surface area contributed by atoms with Gasteiger partial charge in [0.25, 0.3) is 0 Å². The number of amides is 1. The van der Waals surface area contributed by atoms with E-state index >= 15 is 4.39 Å². The summed E-state index contributed by atoms with van der Waals surface area (Å²) in [6.07, 6.45) is -3.50. The number of carbonyl (C=O) groups excluding carboxylic acids is 1. The van der Waals surface area contributed by atoms with E-state index in [2.05, 4.69) is 0 Å². The van der Waals surface area contributed by atoms with Crippen LogP contribution in [0.1, 0.15) is 43.2 Å². The van der Waals surface area contributed by atoms with Crippen LogP contribution in [0.15, 0.2) is 42.5 Å². The van der Waals surface area contributed by atoms with Crippen molar-refractivity contribution in [2.45, 2.75) is 61.6 Å². The Morgan fingerprint density at radius 2 is 1.95 bits per heavy atom. The molecule has 2 aromatic rings. The van der Waals surface area contributed by atoms with Crippen LogP contribution in [-0.2, 0) is 26.0 Å². The van der Waals surface area contributed by atoms with Gasteiger partial charge in [-0.15, -0.1) is 0 Å². The minimum atomic E-state index is -4.66. The number of ether oxygens (including phenoxy) is 2. The van der Waals surface area contributed by atoms with Crippen molar-refractivity contribution in [2.75, 3.05) is 33.4 Å². The van der Waals surface area contributed by atoms with E-state index in [0.717, 1.165) is 18.2 Å². The Hall–Kier alpha value is -2.57. The van der Waals surface area contributed by atoms with E-state index in [1.54, 1.807) is 7.11 Å². The summed E-state index contributed by atoms with van der Waals surface area (Å²) in [6.45, 7) is 0.645. The van der Waals surface area contributed by atoms with Gasteiger partial charge in [-0.05, 0) is 67.3 Å². The molecule has 40 heavy (non-hydrogen) atoms. The molecule has 2 fully saturated rings. The minimum absolute atomic E-state index is 0.0281. The number of aliphatic hydroxyl groups excluding tert-OH is 1. The first-order valence-electron chi connectivity index (χ1n) is 13.4. The predicted octanol–water partition coefficient (Wildman–Crippen LogP) is 3.84. The van der Waals surface area contributed by atoms with E-state index in [1.165, 1.54) is 29.2 Å². The van der Waals surface area contributed by atoms with Gasteiger partial charge in [0, 0.05) is 31.9 Å². The van der Waals surface area contributed by atoms with Crippen molar-refractivity contribution in [3.8, 4) is 11.1 Å². The zero-order valence-corrected chi connectivity index (χ0v) is 22.4. The maximum absolute atomic E-state index is 15.7. The maximum atomic E-state index is 15.7. The molecule has 1 heterocycles. The number of methoxy groups -OCH3 is 1. The first kappa shape index (κ1) is 30.4. The zero-order chi connectivity index (χ0) is 29.1. The lowest BCUT2D eigenvalue weighted by Crippen LogP contribution is -2.66. The molecule has 1 aliphatic carbocycles. The van der Waals surface area contributed by atoms with Gasteiger partial charge in [-0.25, -0.2) is 4.39 Å². The number of hydrogen-bond donors (Lipinski definition) is 3. The molecule has 4 rings (SSSR count). The molecule has 220 valence electrons. The van der Waals surface area contributed by atoms with Crippen LogP contribution in [-0.4, -0.2) is 72.7 Å². The molecule has 4 N–H and O–H groups in total. The van der Waals surface area contributed by atoms with Gasteiger partial charge in [0.1, 0.15) is 17.0 Å². The summed E-state index contributed by atoms with van der Waals surface area (Å²) < 4.78 is 68.1. The Morgan fingerprint density at radius 3 is 2.60 bits per heavy atom. The number of nitrogens with two attached hydrogens (primary N) is 1. The second-order valence-electron chi connectivity index (χ2n) is 10.8. The number of alkyl halides is 3. The minimum Gasteiger partial charge on any atom is -0.392 e. The molecule has 0 bridgehead atoms. The molecule has 2 aromatic carbocycles. The van der Waals surface area contributed by atoms with E-state index in [9.17, 15) is 28.2 Å². The summed E-state index contributed by atoms with van der Waals surface area (Å²) in [5, 5.41) is 23.5. The fraction of sp³-hybridized carbons (Fsp3) is 0.552. The molecular formula is C29H36F4N2O5. The number of benzene rings is 2. The summed E-state index contributed by atoms with van der Waals surface area (Å²) in [5.74, 6) is -1.35. The second kappa shape index (κ2) is 12.1. The normalized spacial score (nSPS) is 27.0. The van der Waals surface area contributed by atoms with Gasteiger partial charge in [-0.1, -0.05) is 24.3 Å². The molecule has 1 saturated carbocycles. The van der Waals surface area contributed by atoms with E-state index in [-0.39, 0.29) is 55.6 Å². The van der Waals surface area contributed by atoms with Gasteiger partial charge < -0.3 is 30.3 Å². The lowest BCUT2D eigenvalue weighted by molar-refractivity contribution is -0.246. The van der Waals surface area contributed by atoms with Crippen molar-refractivity contribution < 1.29 is 42.0 Å². The Labute approximate surface area is 230 Å². The smallest absolute Gasteiger partial charge is 0.392 e. The molecule has 5 atom stereocenters. The number of unbranched alkanes of at least 4 members (excludes halogenated alkanes) is 1. The average molecular weight is 569 g/mol. The quantitative estimate of drug-likeness (QED) is 0.229. The van der Waals surface area contributed by atoms with Crippen LogP contribution in [0.3, 0.4) is 0 Å². The van der Waals surface area contributed by atoms with Gasteiger partial charge in [0.2, 0.25) is 6.41 Å². The Balaban J connectivity index is 1.95. The predicted molar refractivity (Wildman–Crippen MR) is 139 cm³/mol. The van der Waals surface area contributed by atoms with Gasteiger partial charge in [-0.2, -0.15) is 13.2 Å². The highest BCUT2D eigenvalue weighted by molar-refractivity contribution is 5.70. The number of aliphatic hydroxyl groups is 2. The molecule has 1 saturated heterocycles. The van der Waals surface area contributed by atoms with Gasteiger partial charge >= 0.3 is 6.18 Å². The Morgan fingerprint density at radius 1 is 1.20 bits per heavy atom. The first-order valence-corrected chi connectivity index (χ1v) is 13.4. The number of morpholine rings is 1. The zero-order valence-electron chi connectivity index (χ0n) is 22.4. The highest BCUT2D eigenvalue weighted by atomic mass is 19.4. The van der Waals surface area contributed by atoms with Crippen LogP contribution in [0.2, 0.25) is 0 Å². The van der Waals surface area contributed by atoms with Crippen LogP contribution >= 0.6 is 0 Å². The summed E-state index contributed by atoms with van der Waals surface area (Å²) >= 11 is 0. The van der Waals surface area contributed by atoms with Gasteiger partial charge in [0.15, 0.2) is 0 Å². The number of rotatable bonds is 10. The van der Waals surface area contributed by atoms with Crippen LogP contribution in [0.25, 0.3) is 11.1 Å². The fourth-order valence-electron chi connectivity index (χ4n) is 6.34. The third-order valence-electron chi connectivity index (χ3n) is 8.34. The summed E-state index contributed by atoms with van der Waals surface area (Å²) in [5.41, 5.74) is 1.51. The van der Waals surface area contributed by atoms with E-state index < -0.39 is 46.8 Å². The number of carbonyl (C=O) groups is 1. The molecule has 0 unspecified atom stereocenters. The topological polar surface area (TPSA) is 105 Å². The van der Waals surface area contributed by atoms with Crippen molar-refractivity contribution in [2.24, 2.45) is 11.7 Å². The molecule has 2 aliphatic rings. The average Bonchev–Trinajstić information content (AvgIpc) is 3.28. The highest BCUT2D eigenvalue weighted by Gasteiger charge is 2.61.